The second-order valence-corrected chi connectivity index (χ2v) is 6.53. The van der Waals surface area contributed by atoms with Crippen LogP contribution in [0.4, 0.5) is 0 Å². The smallest absolute Gasteiger partial charge is 0.268 e. The SMILES string of the molecule is O=c1[nH]n(-c2nc3ccccc3c(=O)n2-c2ccccc2)c(=O)c2ccccc12. The summed E-state index contributed by atoms with van der Waals surface area (Å²) in [6.07, 6.45) is 0. The molecule has 3 aromatic carbocycles. The highest BCUT2D eigenvalue weighted by atomic mass is 16.2. The third kappa shape index (κ3) is 2.60. The van der Waals surface area contributed by atoms with Crippen LogP contribution in [-0.2, 0) is 0 Å². The molecule has 0 saturated heterocycles. The van der Waals surface area contributed by atoms with Gasteiger partial charge in [-0.25, -0.2) is 9.55 Å². The zero-order chi connectivity index (χ0) is 20.0. The predicted octanol–water partition coefficient (Wildman–Crippen LogP) is 2.38. The van der Waals surface area contributed by atoms with E-state index in [2.05, 4.69) is 10.1 Å². The standard InChI is InChI=1S/C22H14N4O3/c27-19-15-10-4-5-11-16(15)21(29)26(24-19)22-23-18-13-7-6-12-17(18)20(28)25(22)14-8-2-1-3-9-14/h1-13H,(H,24,27). The van der Waals surface area contributed by atoms with Gasteiger partial charge in [0.15, 0.2) is 0 Å². The maximum absolute atomic E-state index is 13.3. The van der Waals surface area contributed by atoms with Crippen LogP contribution in [0.1, 0.15) is 0 Å². The normalized spacial score (nSPS) is 11.2. The molecule has 7 heteroatoms. The van der Waals surface area contributed by atoms with Crippen molar-refractivity contribution in [2.24, 2.45) is 0 Å². The van der Waals surface area contributed by atoms with Crippen LogP contribution in [0.2, 0.25) is 0 Å². The lowest BCUT2D eigenvalue weighted by molar-refractivity contribution is 0.716. The Balaban J connectivity index is 1.98. The Morgan fingerprint density at radius 3 is 2.03 bits per heavy atom. The van der Waals surface area contributed by atoms with Gasteiger partial charge in [-0.1, -0.05) is 42.5 Å². The molecule has 5 aromatic rings. The van der Waals surface area contributed by atoms with Crippen molar-refractivity contribution in [3.63, 3.8) is 0 Å². The molecule has 0 amide bonds. The van der Waals surface area contributed by atoms with Crippen molar-refractivity contribution in [3.8, 4) is 11.6 Å². The number of nitrogens with zero attached hydrogens (tertiary/aromatic N) is 3. The molecule has 7 nitrogen and oxygen atoms in total. The lowest BCUT2D eigenvalue weighted by Crippen LogP contribution is -2.34. The zero-order valence-corrected chi connectivity index (χ0v) is 15.1. The van der Waals surface area contributed by atoms with Crippen molar-refractivity contribution >= 4 is 21.7 Å². The molecule has 0 unspecified atom stereocenters. The minimum Gasteiger partial charge on any atom is -0.268 e. The van der Waals surface area contributed by atoms with Gasteiger partial charge < -0.3 is 0 Å². The number of aromatic amines is 1. The lowest BCUT2D eigenvalue weighted by Gasteiger charge is -2.15. The minimum absolute atomic E-state index is 0.0211. The van der Waals surface area contributed by atoms with Gasteiger partial charge in [0.2, 0.25) is 5.95 Å². The van der Waals surface area contributed by atoms with Crippen LogP contribution in [0.5, 0.6) is 0 Å². The van der Waals surface area contributed by atoms with Crippen molar-refractivity contribution < 1.29 is 0 Å². The van der Waals surface area contributed by atoms with Gasteiger partial charge in [-0.2, -0.15) is 4.68 Å². The van der Waals surface area contributed by atoms with E-state index in [0.717, 1.165) is 4.68 Å². The molecule has 2 heterocycles. The number of hydrogen-bond donors (Lipinski definition) is 1. The van der Waals surface area contributed by atoms with Gasteiger partial charge in [-0.3, -0.25) is 19.5 Å². The van der Waals surface area contributed by atoms with E-state index in [9.17, 15) is 14.4 Å². The highest BCUT2D eigenvalue weighted by molar-refractivity contribution is 5.81. The molecule has 0 spiro atoms. The highest BCUT2D eigenvalue weighted by Crippen LogP contribution is 2.15. The molecule has 29 heavy (non-hydrogen) atoms. The Bertz CT molecular complexity index is 1560. The van der Waals surface area contributed by atoms with Crippen LogP contribution in [0, 0.1) is 0 Å². The Morgan fingerprint density at radius 1 is 0.655 bits per heavy atom. The Hall–Kier alpha value is -4.26. The fraction of sp³-hybridized carbons (Fsp3) is 0. The van der Waals surface area contributed by atoms with Crippen molar-refractivity contribution in [2.75, 3.05) is 0 Å². The average Bonchev–Trinajstić information content (AvgIpc) is 2.77. The minimum atomic E-state index is -0.466. The third-order valence-electron chi connectivity index (χ3n) is 4.79. The summed E-state index contributed by atoms with van der Waals surface area (Å²) in [7, 11) is 0. The van der Waals surface area contributed by atoms with Crippen molar-refractivity contribution in [2.45, 2.75) is 0 Å². The second-order valence-electron chi connectivity index (χ2n) is 6.53. The molecule has 0 aliphatic rings. The first-order valence-corrected chi connectivity index (χ1v) is 8.97. The van der Waals surface area contributed by atoms with E-state index in [1.54, 1.807) is 72.8 Å². The molecule has 0 aliphatic carbocycles. The Morgan fingerprint density at radius 2 is 1.28 bits per heavy atom. The molecular weight excluding hydrogens is 368 g/mol. The van der Waals surface area contributed by atoms with Crippen molar-refractivity contribution in [3.05, 3.63) is 110 Å². The van der Waals surface area contributed by atoms with Gasteiger partial charge in [0.1, 0.15) is 0 Å². The average molecular weight is 382 g/mol. The number of H-pyrrole nitrogens is 1. The molecule has 1 N–H and O–H groups in total. The summed E-state index contributed by atoms with van der Waals surface area (Å²) in [5.41, 5.74) is -0.278. The van der Waals surface area contributed by atoms with E-state index in [1.807, 2.05) is 6.07 Å². The Kier molecular flexibility index (Phi) is 3.74. The predicted molar refractivity (Wildman–Crippen MR) is 111 cm³/mol. The zero-order valence-electron chi connectivity index (χ0n) is 15.1. The summed E-state index contributed by atoms with van der Waals surface area (Å²) in [5, 5.41) is 3.51. The van der Waals surface area contributed by atoms with Crippen LogP contribution in [0.15, 0.2) is 93.2 Å². The largest absolute Gasteiger partial charge is 0.280 e. The first-order valence-electron chi connectivity index (χ1n) is 8.97. The number of hydrogen-bond acceptors (Lipinski definition) is 4. The van der Waals surface area contributed by atoms with Crippen LogP contribution in [-0.4, -0.2) is 19.3 Å². The van der Waals surface area contributed by atoms with E-state index < -0.39 is 11.1 Å². The summed E-state index contributed by atoms with van der Waals surface area (Å²) in [6, 6.07) is 22.3. The van der Waals surface area contributed by atoms with E-state index in [4.69, 9.17) is 0 Å². The molecular formula is C22H14N4O3. The Labute approximate surface area is 163 Å². The molecule has 0 fully saturated rings. The summed E-state index contributed by atoms with van der Waals surface area (Å²) < 4.78 is 2.36. The van der Waals surface area contributed by atoms with Gasteiger partial charge in [0, 0.05) is 0 Å². The number of rotatable bonds is 2. The van der Waals surface area contributed by atoms with Gasteiger partial charge in [-0.05, 0) is 36.4 Å². The van der Waals surface area contributed by atoms with Crippen LogP contribution >= 0.6 is 0 Å². The first-order chi connectivity index (χ1) is 14.1. The van der Waals surface area contributed by atoms with Crippen LogP contribution in [0.3, 0.4) is 0 Å². The monoisotopic (exact) mass is 382 g/mol. The molecule has 2 aromatic heterocycles. The number of para-hydroxylation sites is 2. The molecule has 0 bridgehead atoms. The number of benzene rings is 3. The molecule has 0 radical (unpaired) electrons. The summed E-state index contributed by atoms with van der Waals surface area (Å²) in [5.74, 6) is 0.0211. The van der Waals surface area contributed by atoms with Gasteiger partial charge in [0.25, 0.3) is 16.7 Å². The number of aromatic nitrogens is 4. The van der Waals surface area contributed by atoms with E-state index in [0.29, 0.717) is 16.6 Å². The van der Waals surface area contributed by atoms with E-state index in [1.165, 1.54) is 4.57 Å². The van der Waals surface area contributed by atoms with Crippen LogP contribution < -0.4 is 16.7 Å². The van der Waals surface area contributed by atoms with Gasteiger partial charge in [0.05, 0.1) is 27.4 Å². The van der Waals surface area contributed by atoms with Crippen molar-refractivity contribution in [1.82, 2.24) is 19.3 Å². The molecule has 0 aliphatic heterocycles. The quantitative estimate of drug-likeness (QED) is 0.508. The fourth-order valence-electron chi connectivity index (χ4n) is 3.42. The van der Waals surface area contributed by atoms with Gasteiger partial charge in [-0.15, -0.1) is 0 Å². The molecule has 0 atom stereocenters. The summed E-state index contributed by atoms with van der Waals surface area (Å²) in [6.45, 7) is 0. The van der Waals surface area contributed by atoms with E-state index in [-0.39, 0.29) is 22.3 Å². The van der Waals surface area contributed by atoms with E-state index >= 15 is 0 Å². The summed E-state index contributed by atoms with van der Waals surface area (Å²) in [4.78, 5) is 43.6. The summed E-state index contributed by atoms with van der Waals surface area (Å²) >= 11 is 0. The molecule has 140 valence electrons. The fourth-order valence-corrected chi connectivity index (χ4v) is 3.42. The van der Waals surface area contributed by atoms with Crippen molar-refractivity contribution in [1.29, 1.82) is 0 Å². The van der Waals surface area contributed by atoms with Gasteiger partial charge >= 0.3 is 0 Å². The maximum Gasteiger partial charge on any atom is 0.280 e. The van der Waals surface area contributed by atoms with Crippen LogP contribution in [0.25, 0.3) is 33.3 Å². The number of fused-ring (bicyclic) bond motifs is 2. The second kappa shape index (κ2) is 6.42. The first kappa shape index (κ1) is 16.9. The molecule has 5 rings (SSSR count). The maximum atomic E-state index is 13.3. The topological polar surface area (TPSA) is 89.8 Å². The third-order valence-corrected chi connectivity index (χ3v) is 4.79. The highest BCUT2D eigenvalue weighted by Gasteiger charge is 2.17. The lowest BCUT2D eigenvalue weighted by atomic mass is 10.2. The number of nitrogens with one attached hydrogen (secondary N) is 1. The molecule has 0 saturated carbocycles.